The first-order valence-electron chi connectivity index (χ1n) is 4.23. The van der Waals surface area contributed by atoms with Crippen molar-refractivity contribution in [3.8, 4) is 11.1 Å². The smallest absolute Gasteiger partial charge is 0.252 e. The van der Waals surface area contributed by atoms with Crippen molar-refractivity contribution >= 4 is 11.7 Å². The summed E-state index contributed by atoms with van der Waals surface area (Å²) in [6, 6.07) is 1.59. The van der Waals surface area contributed by atoms with Crippen LogP contribution < -0.4 is 11.5 Å². The van der Waals surface area contributed by atoms with Gasteiger partial charge in [0.15, 0.2) is 0 Å². The minimum atomic E-state index is -0.592. The lowest BCUT2D eigenvalue weighted by Gasteiger charge is -2.02. The van der Waals surface area contributed by atoms with Crippen molar-refractivity contribution in [3.63, 3.8) is 0 Å². The number of hydrogen-bond acceptors (Lipinski definition) is 4. The fourth-order valence-electron chi connectivity index (χ4n) is 1.24. The summed E-state index contributed by atoms with van der Waals surface area (Å²) in [5.74, 6) is -0.458. The molecule has 0 aromatic carbocycles. The van der Waals surface area contributed by atoms with Crippen molar-refractivity contribution in [2.45, 2.75) is 0 Å². The molecule has 0 spiro atoms. The number of carbonyl (C=O) groups is 1. The van der Waals surface area contributed by atoms with E-state index in [0.29, 0.717) is 0 Å². The fraction of sp³-hybridized carbons (Fsp3) is 0. The summed E-state index contributed by atoms with van der Waals surface area (Å²) < 4.78 is 0. The van der Waals surface area contributed by atoms with Crippen LogP contribution in [0.25, 0.3) is 11.1 Å². The molecule has 6 heteroatoms. The Morgan fingerprint density at radius 2 is 2.13 bits per heavy atom. The normalized spacial score (nSPS) is 10.1. The van der Waals surface area contributed by atoms with E-state index in [4.69, 9.17) is 11.5 Å². The van der Waals surface area contributed by atoms with Crippen molar-refractivity contribution < 1.29 is 4.79 Å². The Balaban J connectivity index is 2.52. The molecule has 0 atom stereocenters. The third-order valence-corrected chi connectivity index (χ3v) is 2.02. The van der Waals surface area contributed by atoms with Gasteiger partial charge in [-0.1, -0.05) is 0 Å². The lowest BCUT2D eigenvalue weighted by molar-refractivity contribution is 0.100. The number of nitrogens with two attached hydrogens (primary N) is 2. The van der Waals surface area contributed by atoms with Gasteiger partial charge < -0.3 is 11.5 Å². The molecule has 0 fully saturated rings. The number of carbonyl (C=O) groups excluding carboxylic acids is 1. The van der Waals surface area contributed by atoms with Crippen LogP contribution in [0.4, 0.5) is 5.82 Å². The van der Waals surface area contributed by atoms with Gasteiger partial charge in [-0.3, -0.25) is 9.89 Å². The van der Waals surface area contributed by atoms with Crippen LogP contribution in [0.1, 0.15) is 10.4 Å². The molecule has 0 saturated heterocycles. The van der Waals surface area contributed by atoms with Crippen molar-refractivity contribution in [2.24, 2.45) is 5.73 Å². The Labute approximate surface area is 85.3 Å². The Morgan fingerprint density at radius 3 is 2.73 bits per heavy atom. The highest BCUT2D eigenvalue weighted by atomic mass is 16.1. The standard InChI is InChI=1S/C9H9N5O/c10-8-7(9(11)15)1-5(2-12-8)6-3-13-14-4-6/h1-4H,(H2,10,12)(H2,11,15)(H,13,14). The largest absolute Gasteiger partial charge is 0.383 e. The van der Waals surface area contributed by atoms with Gasteiger partial charge in [0.1, 0.15) is 5.82 Å². The topological polar surface area (TPSA) is 111 Å². The third kappa shape index (κ3) is 1.64. The number of pyridine rings is 1. The zero-order valence-corrected chi connectivity index (χ0v) is 7.77. The van der Waals surface area contributed by atoms with Crippen molar-refractivity contribution in [1.29, 1.82) is 0 Å². The van der Waals surface area contributed by atoms with Crippen molar-refractivity contribution in [1.82, 2.24) is 15.2 Å². The maximum absolute atomic E-state index is 11.0. The van der Waals surface area contributed by atoms with Gasteiger partial charge >= 0.3 is 0 Å². The number of nitrogens with one attached hydrogen (secondary N) is 1. The number of nitrogen functional groups attached to an aromatic ring is 1. The first-order chi connectivity index (χ1) is 7.18. The fourth-order valence-corrected chi connectivity index (χ4v) is 1.24. The molecule has 5 N–H and O–H groups in total. The van der Waals surface area contributed by atoms with E-state index >= 15 is 0 Å². The minimum Gasteiger partial charge on any atom is -0.383 e. The van der Waals surface area contributed by atoms with Gasteiger partial charge in [0.2, 0.25) is 0 Å². The summed E-state index contributed by atoms with van der Waals surface area (Å²) in [6.45, 7) is 0. The van der Waals surface area contributed by atoms with Gasteiger partial charge in [-0.25, -0.2) is 4.98 Å². The minimum absolute atomic E-state index is 0.134. The van der Waals surface area contributed by atoms with E-state index in [2.05, 4.69) is 15.2 Å². The van der Waals surface area contributed by atoms with Gasteiger partial charge in [0, 0.05) is 23.5 Å². The summed E-state index contributed by atoms with van der Waals surface area (Å²) in [7, 11) is 0. The lowest BCUT2D eigenvalue weighted by Crippen LogP contribution is -2.14. The number of nitrogens with zero attached hydrogens (tertiary/aromatic N) is 2. The van der Waals surface area contributed by atoms with Crippen LogP contribution >= 0.6 is 0 Å². The van der Waals surface area contributed by atoms with Gasteiger partial charge in [-0.05, 0) is 6.07 Å². The van der Waals surface area contributed by atoms with Crippen LogP contribution in [0.5, 0.6) is 0 Å². The zero-order chi connectivity index (χ0) is 10.8. The Bertz CT molecular complexity index is 491. The molecule has 0 aliphatic carbocycles. The summed E-state index contributed by atoms with van der Waals surface area (Å²) in [5.41, 5.74) is 12.4. The monoisotopic (exact) mass is 203 g/mol. The van der Waals surface area contributed by atoms with Crippen LogP contribution in [0, 0.1) is 0 Å². The van der Waals surface area contributed by atoms with Crippen LogP contribution in [0.15, 0.2) is 24.7 Å². The Kier molecular flexibility index (Phi) is 2.09. The van der Waals surface area contributed by atoms with E-state index in [-0.39, 0.29) is 11.4 Å². The molecule has 0 aliphatic heterocycles. The first kappa shape index (κ1) is 9.20. The molecule has 2 heterocycles. The quantitative estimate of drug-likeness (QED) is 0.645. The molecule has 15 heavy (non-hydrogen) atoms. The zero-order valence-electron chi connectivity index (χ0n) is 7.77. The van der Waals surface area contributed by atoms with E-state index in [1.54, 1.807) is 24.7 Å². The summed E-state index contributed by atoms with van der Waals surface area (Å²) in [4.78, 5) is 14.9. The van der Waals surface area contributed by atoms with E-state index in [0.717, 1.165) is 11.1 Å². The predicted molar refractivity (Wildman–Crippen MR) is 54.7 cm³/mol. The summed E-state index contributed by atoms with van der Waals surface area (Å²) in [5, 5.41) is 6.46. The van der Waals surface area contributed by atoms with Crippen molar-refractivity contribution in [3.05, 3.63) is 30.2 Å². The van der Waals surface area contributed by atoms with E-state index in [9.17, 15) is 4.79 Å². The molecule has 0 bridgehead atoms. The second kappa shape index (κ2) is 3.41. The van der Waals surface area contributed by atoms with Crippen LogP contribution in [0.2, 0.25) is 0 Å². The van der Waals surface area contributed by atoms with Crippen LogP contribution in [-0.4, -0.2) is 21.1 Å². The highest BCUT2D eigenvalue weighted by Gasteiger charge is 2.09. The summed E-state index contributed by atoms with van der Waals surface area (Å²) >= 11 is 0. The van der Waals surface area contributed by atoms with Gasteiger partial charge in [-0.15, -0.1) is 0 Å². The number of amides is 1. The van der Waals surface area contributed by atoms with Gasteiger partial charge in [-0.2, -0.15) is 5.10 Å². The molecule has 0 radical (unpaired) electrons. The molecule has 76 valence electrons. The van der Waals surface area contributed by atoms with Gasteiger partial charge in [0.05, 0.1) is 11.8 Å². The maximum Gasteiger partial charge on any atom is 0.252 e. The van der Waals surface area contributed by atoms with Crippen LogP contribution in [-0.2, 0) is 0 Å². The molecular formula is C9H9N5O. The number of primary amides is 1. The molecule has 2 rings (SSSR count). The van der Waals surface area contributed by atoms with Gasteiger partial charge in [0.25, 0.3) is 5.91 Å². The highest BCUT2D eigenvalue weighted by molar-refractivity contribution is 5.98. The van der Waals surface area contributed by atoms with E-state index in [1.165, 1.54) is 0 Å². The van der Waals surface area contributed by atoms with E-state index in [1.807, 2.05) is 0 Å². The lowest BCUT2D eigenvalue weighted by atomic mass is 10.1. The first-order valence-corrected chi connectivity index (χ1v) is 4.23. The average Bonchev–Trinajstić information content (AvgIpc) is 2.71. The number of H-pyrrole nitrogens is 1. The Morgan fingerprint density at radius 1 is 1.33 bits per heavy atom. The highest BCUT2D eigenvalue weighted by Crippen LogP contribution is 2.20. The molecule has 6 nitrogen and oxygen atoms in total. The van der Waals surface area contributed by atoms with Crippen LogP contribution in [0.3, 0.4) is 0 Å². The maximum atomic E-state index is 11.0. The number of rotatable bonds is 2. The molecule has 0 aliphatic rings. The summed E-state index contributed by atoms with van der Waals surface area (Å²) in [6.07, 6.45) is 4.88. The second-order valence-electron chi connectivity index (χ2n) is 3.01. The molecule has 1 amide bonds. The Hall–Kier alpha value is -2.37. The number of anilines is 1. The number of aromatic amines is 1. The number of aromatic nitrogens is 3. The number of hydrogen-bond donors (Lipinski definition) is 3. The SMILES string of the molecule is NC(=O)c1cc(-c2cn[nH]c2)cnc1N. The predicted octanol–water partition coefficient (Wildman–Crippen LogP) is 0.153. The third-order valence-electron chi connectivity index (χ3n) is 2.02. The average molecular weight is 203 g/mol. The second-order valence-corrected chi connectivity index (χ2v) is 3.01. The molecular weight excluding hydrogens is 194 g/mol. The molecule has 0 unspecified atom stereocenters. The van der Waals surface area contributed by atoms with Crippen molar-refractivity contribution in [2.75, 3.05) is 5.73 Å². The molecule has 2 aromatic heterocycles. The molecule has 0 saturated carbocycles. The van der Waals surface area contributed by atoms with E-state index < -0.39 is 5.91 Å². The molecule has 2 aromatic rings.